The summed E-state index contributed by atoms with van der Waals surface area (Å²) in [4.78, 5) is 17.0. The first-order valence-electron chi connectivity index (χ1n) is 9.38. The minimum atomic E-state index is -0.215. The molecular weight excluding hydrogens is 404 g/mol. The molecule has 2 aromatic heterocycles. The standard InChI is InChI=1S/C22H19ClN4O3/c23-16-9-7-15(8-10-16)14-30-18-5-2-1-4-17(18)22(28)24-12-11-20-25-21(27-26-20)19-6-3-13-29-19/h1-10,13H,11-12,14H2,(H,24,28)(H,25,26,27). The molecule has 0 atom stereocenters. The molecule has 0 saturated heterocycles. The minimum Gasteiger partial charge on any atom is -0.488 e. The molecule has 2 N–H and O–H groups in total. The van der Waals surface area contributed by atoms with E-state index in [1.807, 2.05) is 18.2 Å². The van der Waals surface area contributed by atoms with Crippen LogP contribution in [0.1, 0.15) is 21.7 Å². The minimum absolute atomic E-state index is 0.215. The number of furan rings is 1. The lowest BCUT2D eigenvalue weighted by molar-refractivity contribution is 0.0949. The summed E-state index contributed by atoms with van der Waals surface area (Å²) in [6, 6.07) is 18.1. The molecule has 2 aromatic carbocycles. The average Bonchev–Trinajstić information content (AvgIpc) is 3.45. The zero-order chi connectivity index (χ0) is 20.8. The number of ether oxygens (including phenoxy) is 1. The lowest BCUT2D eigenvalue weighted by Gasteiger charge is -2.11. The first-order valence-corrected chi connectivity index (χ1v) is 9.76. The summed E-state index contributed by atoms with van der Waals surface area (Å²) in [7, 11) is 0. The summed E-state index contributed by atoms with van der Waals surface area (Å²) >= 11 is 5.91. The highest BCUT2D eigenvalue weighted by molar-refractivity contribution is 6.30. The highest BCUT2D eigenvalue weighted by atomic mass is 35.5. The molecule has 2 heterocycles. The molecule has 1 amide bonds. The number of carbonyl (C=O) groups excluding carboxylic acids is 1. The van der Waals surface area contributed by atoms with Crippen LogP contribution in [0.25, 0.3) is 11.6 Å². The third-order valence-electron chi connectivity index (χ3n) is 4.36. The molecule has 0 fully saturated rings. The molecular formula is C22H19ClN4O3. The summed E-state index contributed by atoms with van der Waals surface area (Å²) in [5.74, 6) is 2.04. The van der Waals surface area contributed by atoms with Gasteiger partial charge in [0.05, 0.1) is 11.8 Å². The number of benzene rings is 2. The second-order valence-corrected chi connectivity index (χ2v) is 6.94. The Morgan fingerprint density at radius 1 is 1.10 bits per heavy atom. The van der Waals surface area contributed by atoms with E-state index < -0.39 is 0 Å². The second kappa shape index (κ2) is 9.28. The highest BCUT2D eigenvalue weighted by Gasteiger charge is 2.13. The Balaban J connectivity index is 1.33. The summed E-state index contributed by atoms with van der Waals surface area (Å²) in [5, 5.41) is 10.5. The molecule has 0 aliphatic carbocycles. The summed E-state index contributed by atoms with van der Waals surface area (Å²) in [5.41, 5.74) is 1.44. The number of H-pyrrole nitrogens is 1. The first kappa shape index (κ1) is 19.7. The van der Waals surface area contributed by atoms with Crippen LogP contribution >= 0.6 is 11.6 Å². The zero-order valence-electron chi connectivity index (χ0n) is 16.0. The molecule has 0 spiro atoms. The van der Waals surface area contributed by atoms with Gasteiger partial charge in [-0.3, -0.25) is 9.89 Å². The molecule has 0 unspecified atom stereocenters. The third-order valence-corrected chi connectivity index (χ3v) is 4.61. The molecule has 0 radical (unpaired) electrons. The normalized spacial score (nSPS) is 10.7. The van der Waals surface area contributed by atoms with Gasteiger partial charge >= 0.3 is 0 Å². The number of rotatable bonds is 8. The first-order chi connectivity index (χ1) is 14.7. The largest absolute Gasteiger partial charge is 0.488 e. The zero-order valence-corrected chi connectivity index (χ0v) is 16.7. The predicted molar refractivity (Wildman–Crippen MR) is 112 cm³/mol. The van der Waals surface area contributed by atoms with E-state index in [-0.39, 0.29) is 5.91 Å². The Morgan fingerprint density at radius 3 is 2.73 bits per heavy atom. The SMILES string of the molecule is O=C(NCCc1nc(-c2ccco2)n[nH]1)c1ccccc1OCc1ccc(Cl)cc1. The van der Waals surface area contributed by atoms with Crippen molar-refractivity contribution in [2.45, 2.75) is 13.0 Å². The van der Waals surface area contributed by atoms with Gasteiger partial charge in [-0.2, -0.15) is 5.10 Å². The van der Waals surface area contributed by atoms with Crippen LogP contribution < -0.4 is 10.1 Å². The van der Waals surface area contributed by atoms with E-state index in [1.54, 1.807) is 48.7 Å². The van der Waals surface area contributed by atoms with Crippen LogP contribution in [0, 0.1) is 0 Å². The molecule has 8 heteroatoms. The highest BCUT2D eigenvalue weighted by Crippen LogP contribution is 2.20. The maximum atomic E-state index is 12.6. The smallest absolute Gasteiger partial charge is 0.255 e. The number of halogens is 1. The molecule has 0 bridgehead atoms. The fraction of sp³-hybridized carbons (Fsp3) is 0.136. The number of aromatic nitrogens is 3. The van der Waals surface area contributed by atoms with Gasteiger partial charge in [-0.25, -0.2) is 4.98 Å². The van der Waals surface area contributed by atoms with Crippen molar-refractivity contribution < 1.29 is 13.9 Å². The molecule has 30 heavy (non-hydrogen) atoms. The van der Waals surface area contributed by atoms with Crippen molar-refractivity contribution in [2.24, 2.45) is 0 Å². The molecule has 7 nitrogen and oxygen atoms in total. The lowest BCUT2D eigenvalue weighted by atomic mass is 10.2. The number of hydrogen-bond acceptors (Lipinski definition) is 5. The topological polar surface area (TPSA) is 93.0 Å². The number of para-hydroxylation sites is 1. The second-order valence-electron chi connectivity index (χ2n) is 6.50. The Bertz CT molecular complexity index is 1110. The van der Waals surface area contributed by atoms with Crippen molar-refractivity contribution in [1.29, 1.82) is 0 Å². The fourth-order valence-electron chi connectivity index (χ4n) is 2.83. The summed E-state index contributed by atoms with van der Waals surface area (Å²) in [6.07, 6.45) is 2.07. The Hall–Kier alpha value is -3.58. The number of aromatic amines is 1. The molecule has 152 valence electrons. The fourth-order valence-corrected chi connectivity index (χ4v) is 2.96. The van der Waals surface area contributed by atoms with E-state index in [0.29, 0.717) is 53.3 Å². The van der Waals surface area contributed by atoms with Crippen molar-refractivity contribution >= 4 is 17.5 Å². The number of nitrogens with one attached hydrogen (secondary N) is 2. The lowest BCUT2D eigenvalue weighted by Crippen LogP contribution is -2.26. The van der Waals surface area contributed by atoms with Crippen LogP contribution in [-0.4, -0.2) is 27.6 Å². The number of nitrogens with zero attached hydrogens (tertiary/aromatic N) is 2. The van der Waals surface area contributed by atoms with Crippen molar-refractivity contribution in [2.75, 3.05) is 6.54 Å². The maximum absolute atomic E-state index is 12.6. The van der Waals surface area contributed by atoms with Crippen molar-refractivity contribution in [3.05, 3.63) is 88.9 Å². The average molecular weight is 423 g/mol. The molecule has 4 aromatic rings. The van der Waals surface area contributed by atoms with E-state index in [1.165, 1.54) is 0 Å². The Kier molecular flexibility index (Phi) is 6.10. The van der Waals surface area contributed by atoms with Crippen LogP contribution in [0.2, 0.25) is 5.02 Å². The van der Waals surface area contributed by atoms with Crippen LogP contribution in [0.3, 0.4) is 0 Å². The van der Waals surface area contributed by atoms with Gasteiger partial charge in [0.1, 0.15) is 18.2 Å². The maximum Gasteiger partial charge on any atom is 0.255 e. The van der Waals surface area contributed by atoms with E-state index in [4.69, 9.17) is 20.8 Å². The van der Waals surface area contributed by atoms with Gasteiger partial charge in [0, 0.05) is 18.0 Å². The Morgan fingerprint density at radius 2 is 1.93 bits per heavy atom. The van der Waals surface area contributed by atoms with Gasteiger partial charge < -0.3 is 14.5 Å². The monoisotopic (exact) mass is 422 g/mol. The van der Waals surface area contributed by atoms with Crippen LogP contribution in [-0.2, 0) is 13.0 Å². The van der Waals surface area contributed by atoms with Gasteiger partial charge in [-0.1, -0.05) is 35.9 Å². The van der Waals surface area contributed by atoms with Gasteiger partial charge in [-0.05, 0) is 42.0 Å². The summed E-state index contributed by atoms with van der Waals surface area (Å²) in [6.45, 7) is 0.742. The van der Waals surface area contributed by atoms with Crippen molar-refractivity contribution in [1.82, 2.24) is 20.5 Å². The van der Waals surface area contributed by atoms with Gasteiger partial charge in [0.2, 0.25) is 5.82 Å². The van der Waals surface area contributed by atoms with E-state index >= 15 is 0 Å². The van der Waals surface area contributed by atoms with Gasteiger partial charge in [0.25, 0.3) is 5.91 Å². The van der Waals surface area contributed by atoms with E-state index in [0.717, 1.165) is 5.56 Å². The molecule has 0 saturated carbocycles. The summed E-state index contributed by atoms with van der Waals surface area (Å²) < 4.78 is 11.1. The number of hydrogen-bond donors (Lipinski definition) is 2. The number of carbonyl (C=O) groups is 1. The van der Waals surface area contributed by atoms with Crippen LogP contribution in [0.5, 0.6) is 5.75 Å². The van der Waals surface area contributed by atoms with Crippen molar-refractivity contribution in [3.63, 3.8) is 0 Å². The molecule has 0 aliphatic rings. The van der Waals surface area contributed by atoms with E-state index in [2.05, 4.69) is 20.5 Å². The van der Waals surface area contributed by atoms with Crippen LogP contribution in [0.15, 0.2) is 71.3 Å². The molecule has 4 rings (SSSR count). The molecule has 0 aliphatic heterocycles. The Labute approximate surface area is 178 Å². The number of amides is 1. The predicted octanol–water partition coefficient (Wildman–Crippen LogP) is 4.27. The quantitative estimate of drug-likeness (QED) is 0.442. The van der Waals surface area contributed by atoms with E-state index in [9.17, 15) is 4.79 Å². The van der Waals surface area contributed by atoms with Crippen LogP contribution in [0.4, 0.5) is 0 Å². The van der Waals surface area contributed by atoms with Gasteiger partial charge in [0.15, 0.2) is 5.76 Å². The van der Waals surface area contributed by atoms with Gasteiger partial charge in [-0.15, -0.1) is 0 Å². The third kappa shape index (κ3) is 4.87. The van der Waals surface area contributed by atoms with Crippen molar-refractivity contribution in [3.8, 4) is 17.3 Å².